The molecule has 0 saturated carbocycles. The average Bonchev–Trinajstić information content (AvgIpc) is 2.74. The van der Waals surface area contributed by atoms with E-state index in [0.717, 1.165) is 11.1 Å². The molecule has 3 rings (SSSR count). The van der Waals surface area contributed by atoms with Crippen molar-refractivity contribution < 1.29 is 19.4 Å². The van der Waals surface area contributed by atoms with Crippen molar-refractivity contribution >= 4 is 35.1 Å². The third kappa shape index (κ3) is 5.28. The number of halogens is 2. The lowest BCUT2D eigenvalue weighted by atomic mass is 9.67. The second-order valence-electron chi connectivity index (χ2n) is 8.84. The molecule has 1 aliphatic heterocycles. The Hall–Kier alpha value is -2.08. The van der Waals surface area contributed by atoms with Crippen LogP contribution >= 0.6 is 23.2 Å². The van der Waals surface area contributed by atoms with Crippen LogP contribution in [0.15, 0.2) is 48.5 Å². The number of carboxylic acids is 1. The van der Waals surface area contributed by atoms with E-state index in [4.69, 9.17) is 27.9 Å². The van der Waals surface area contributed by atoms with Gasteiger partial charge >= 0.3 is 5.97 Å². The number of nitrogens with zero attached hydrogens (tertiary/aromatic N) is 1. The first-order chi connectivity index (χ1) is 15.2. The fraction of sp³-hybridized carbons (Fsp3) is 0.440. The maximum Gasteiger partial charge on any atom is 0.304 e. The zero-order valence-corrected chi connectivity index (χ0v) is 20.1. The molecule has 0 spiro atoms. The van der Waals surface area contributed by atoms with Gasteiger partial charge in [0.05, 0.1) is 17.9 Å². The number of rotatable bonds is 8. The van der Waals surface area contributed by atoms with E-state index in [-0.39, 0.29) is 30.3 Å². The molecular formula is C25H29Cl2NO4. The zero-order valence-electron chi connectivity index (χ0n) is 18.6. The maximum atomic E-state index is 13.9. The number of aliphatic carboxylic acids is 1. The molecule has 0 aliphatic carbocycles. The summed E-state index contributed by atoms with van der Waals surface area (Å²) in [6, 6.07) is 14.7. The first-order valence-corrected chi connectivity index (χ1v) is 11.5. The highest BCUT2D eigenvalue weighted by Gasteiger charge is 2.51. The van der Waals surface area contributed by atoms with Gasteiger partial charge in [0, 0.05) is 35.7 Å². The lowest BCUT2D eigenvalue weighted by Crippen LogP contribution is -2.55. The van der Waals surface area contributed by atoms with Crippen LogP contribution in [0.1, 0.15) is 56.2 Å². The molecule has 2 aromatic carbocycles. The summed E-state index contributed by atoms with van der Waals surface area (Å²) in [6.07, 6.45) is 0.806. The van der Waals surface area contributed by atoms with E-state index in [0.29, 0.717) is 29.5 Å². The smallest absolute Gasteiger partial charge is 0.304 e. The van der Waals surface area contributed by atoms with Gasteiger partial charge in [0.15, 0.2) is 0 Å². The van der Waals surface area contributed by atoms with Crippen LogP contribution in [0, 0.1) is 5.41 Å². The van der Waals surface area contributed by atoms with Gasteiger partial charge in [0.1, 0.15) is 0 Å². The van der Waals surface area contributed by atoms with E-state index < -0.39 is 11.4 Å². The second kappa shape index (κ2) is 10.2. The van der Waals surface area contributed by atoms with Crippen molar-refractivity contribution in [3.63, 3.8) is 0 Å². The molecule has 5 nitrogen and oxygen atoms in total. The highest BCUT2D eigenvalue weighted by atomic mass is 35.5. The summed E-state index contributed by atoms with van der Waals surface area (Å²) < 4.78 is 5.27. The SMILES string of the molecule is COCC[C@H](C)N1C(=O)[C@@](C)(CC(=O)O)C[C@H](c2cccc(Cl)c2)[C@H]1c1ccc(Cl)cc1. The number of likely N-dealkylation sites (tertiary alicyclic amines) is 1. The van der Waals surface area contributed by atoms with Crippen molar-refractivity contribution in [1.82, 2.24) is 4.90 Å². The Balaban J connectivity index is 2.18. The van der Waals surface area contributed by atoms with Crippen molar-refractivity contribution in [2.24, 2.45) is 5.41 Å². The van der Waals surface area contributed by atoms with E-state index >= 15 is 0 Å². The predicted octanol–water partition coefficient (Wildman–Crippen LogP) is 5.96. The Kier molecular flexibility index (Phi) is 7.86. The number of piperidine rings is 1. The van der Waals surface area contributed by atoms with Gasteiger partial charge in [-0.3, -0.25) is 9.59 Å². The first-order valence-electron chi connectivity index (χ1n) is 10.7. The maximum absolute atomic E-state index is 13.9. The highest BCUT2D eigenvalue weighted by Crippen LogP contribution is 2.52. The summed E-state index contributed by atoms with van der Waals surface area (Å²) in [5.74, 6) is -1.27. The summed E-state index contributed by atoms with van der Waals surface area (Å²) >= 11 is 12.5. The second-order valence-corrected chi connectivity index (χ2v) is 9.71. The van der Waals surface area contributed by atoms with E-state index in [1.54, 1.807) is 14.0 Å². The van der Waals surface area contributed by atoms with Crippen LogP contribution in [0.25, 0.3) is 0 Å². The van der Waals surface area contributed by atoms with Gasteiger partial charge in [-0.25, -0.2) is 0 Å². The van der Waals surface area contributed by atoms with Crippen LogP contribution < -0.4 is 0 Å². The molecule has 1 heterocycles. The minimum absolute atomic E-state index is 0.137. The summed E-state index contributed by atoms with van der Waals surface area (Å²) in [5.41, 5.74) is 0.892. The molecule has 0 unspecified atom stereocenters. The third-order valence-electron chi connectivity index (χ3n) is 6.35. The number of hydrogen-bond donors (Lipinski definition) is 1. The van der Waals surface area contributed by atoms with E-state index in [2.05, 4.69) is 0 Å². The van der Waals surface area contributed by atoms with E-state index in [9.17, 15) is 14.7 Å². The topological polar surface area (TPSA) is 66.8 Å². The molecular weight excluding hydrogens is 449 g/mol. The zero-order chi connectivity index (χ0) is 23.5. The fourth-order valence-electron chi connectivity index (χ4n) is 4.79. The number of carbonyl (C=O) groups excluding carboxylic acids is 1. The van der Waals surface area contributed by atoms with E-state index in [1.807, 2.05) is 60.4 Å². The number of carbonyl (C=O) groups is 2. The van der Waals surface area contributed by atoms with Gasteiger partial charge in [0.2, 0.25) is 5.91 Å². The largest absolute Gasteiger partial charge is 0.481 e. The minimum Gasteiger partial charge on any atom is -0.481 e. The Morgan fingerprint density at radius 2 is 1.88 bits per heavy atom. The minimum atomic E-state index is -1.04. The summed E-state index contributed by atoms with van der Waals surface area (Å²) in [5, 5.41) is 10.8. The number of methoxy groups -OCH3 is 1. The number of ether oxygens (including phenoxy) is 1. The number of amides is 1. The Labute approximate surface area is 199 Å². The molecule has 0 radical (unpaired) electrons. The van der Waals surface area contributed by atoms with Crippen LogP contribution in [0.2, 0.25) is 10.0 Å². The highest BCUT2D eigenvalue weighted by molar-refractivity contribution is 6.30. The molecule has 1 fully saturated rings. The third-order valence-corrected chi connectivity index (χ3v) is 6.83. The average molecular weight is 478 g/mol. The summed E-state index contributed by atoms with van der Waals surface area (Å²) in [4.78, 5) is 27.4. The lowest BCUT2D eigenvalue weighted by molar-refractivity contribution is -0.160. The quantitative estimate of drug-likeness (QED) is 0.509. The van der Waals surface area contributed by atoms with E-state index in [1.165, 1.54) is 0 Å². The molecule has 1 saturated heterocycles. The fourth-order valence-corrected chi connectivity index (χ4v) is 5.11. The van der Waals surface area contributed by atoms with Crippen molar-refractivity contribution in [3.05, 3.63) is 69.7 Å². The molecule has 4 atom stereocenters. The van der Waals surface area contributed by atoms with Gasteiger partial charge in [0.25, 0.3) is 0 Å². The molecule has 1 aliphatic rings. The van der Waals surface area contributed by atoms with Gasteiger partial charge in [-0.05, 0) is 55.2 Å². The standard InChI is InChI=1S/C25H29Cl2NO4/c1-16(11-12-32-3)28-23(17-7-9-19(26)10-8-17)21(18-5-4-6-20(27)13-18)14-25(2,24(28)31)15-22(29)30/h4-10,13,16,21,23H,11-12,14-15H2,1-3H3,(H,29,30)/t16-,21+,23+,25+/m0/s1. The van der Waals surface area contributed by atoms with Crippen LogP contribution in [-0.2, 0) is 14.3 Å². The number of carboxylic acid groups (broad SMARTS) is 1. The predicted molar refractivity (Wildman–Crippen MR) is 126 cm³/mol. The van der Waals surface area contributed by atoms with Gasteiger partial charge in [-0.2, -0.15) is 0 Å². The van der Waals surface area contributed by atoms with Crippen molar-refractivity contribution in [1.29, 1.82) is 0 Å². The van der Waals surface area contributed by atoms with Gasteiger partial charge in [-0.15, -0.1) is 0 Å². The summed E-state index contributed by atoms with van der Waals surface area (Å²) in [6.45, 7) is 4.24. The molecule has 0 bridgehead atoms. The van der Waals surface area contributed by atoms with Crippen LogP contribution in [-0.4, -0.2) is 41.6 Å². The monoisotopic (exact) mass is 477 g/mol. The van der Waals surface area contributed by atoms with Crippen LogP contribution in [0.4, 0.5) is 0 Å². The lowest BCUT2D eigenvalue weighted by Gasteiger charge is -2.51. The molecule has 1 N–H and O–H groups in total. The molecule has 1 amide bonds. The van der Waals surface area contributed by atoms with Crippen LogP contribution in [0.5, 0.6) is 0 Å². The Bertz CT molecular complexity index is 965. The molecule has 2 aromatic rings. The van der Waals surface area contributed by atoms with Gasteiger partial charge in [-0.1, -0.05) is 54.4 Å². The molecule has 32 heavy (non-hydrogen) atoms. The van der Waals surface area contributed by atoms with Crippen LogP contribution in [0.3, 0.4) is 0 Å². The molecule has 7 heteroatoms. The molecule has 0 aromatic heterocycles. The normalized spacial score (nSPS) is 24.4. The van der Waals surface area contributed by atoms with Crippen molar-refractivity contribution in [3.8, 4) is 0 Å². The summed E-state index contributed by atoms with van der Waals surface area (Å²) in [7, 11) is 1.63. The number of benzene rings is 2. The first kappa shape index (κ1) is 24.6. The number of hydrogen-bond acceptors (Lipinski definition) is 3. The van der Waals surface area contributed by atoms with Crippen molar-refractivity contribution in [2.45, 2.75) is 51.1 Å². The Morgan fingerprint density at radius 3 is 2.47 bits per heavy atom. The molecule has 172 valence electrons. The Morgan fingerprint density at radius 1 is 1.19 bits per heavy atom. The van der Waals surface area contributed by atoms with Gasteiger partial charge < -0.3 is 14.7 Å². The van der Waals surface area contributed by atoms with Crippen molar-refractivity contribution in [2.75, 3.05) is 13.7 Å².